The van der Waals surface area contributed by atoms with E-state index in [1.54, 1.807) is 31.4 Å². The fraction of sp³-hybridized carbons (Fsp3) is 0.158. The lowest BCUT2D eigenvalue weighted by Crippen LogP contribution is -2.03. The standard InChI is InChI=1S/C19H16N2O4/c1-3-21-17-10-14(24-2)8-9-15(17)16(11-20)18(21)12-4-6-13(7-5-12)25-19(22)23/h4-10H,3H2,1-2H3,(H,22,23). The van der Waals surface area contributed by atoms with Crippen LogP contribution in [0.25, 0.3) is 22.2 Å². The van der Waals surface area contributed by atoms with Crippen LogP contribution in [-0.2, 0) is 6.54 Å². The van der Waals surface area contributed by atoms with Crippen molar-refractivity contribution in [1.29, 1.82) is 5.26 Å². The van der Waals surface area contributed by atoms with Crippen LogP contribution in [-0.4, -0.2) is 22.9 Å². The third-order valence-electron chi connectivity index (χ3n) is 4.03. The molecule has 0 bridgehead atoms. The Kier molecular flexibility index (Phi) is 4.31. The highest BCUT2D eigenvalue weighted by atomic mass is 16.7. The third-order valence-corrected chi connectivity index (χ3v) is 4.03. The summed E-state index contributed by atoms with van der Waals surface area (Å²) in [6.07, 6.45) is -1.36. The summed E-state index contributed by atoms with van der Waals surface area (Å²) < 4.78 is 12.0. The summed E-state index contributed by atoms with van der Waals surface area (Å²) in [6.45, 7) is 2.68. The summed E-state index contributed by atoms with van der Waals surface area (Å²) in [7, 11) is 1.60. The van der Waals surface area contributed by atoms with E-state index in [2.05, 4.69) is 10.8 Å². The summed E-state index contributed by atoms with van der Waals surface area (Å²) in [4.78, 5) is 10.6. The minimum Gasteiger partial charge on any atom is -0.497 e. The molecule has 3 aromatic rings. The molecule has 0 spiro atoms. The molecule has 126 valence electrons. The van der Waals surface area contributed by atoms with Gasteiger partial charge in [-0.15, -0.1) is 0 Å². The molecule has 0 saturated heterocycles. The van der Waals surface area contributed by atoms with Gasteiger partial charge in [-0.3, -0.25) is 0 Å². The van der Waals surface area contributed by atoms with Crippen LogP contribution in [0.5, 0.6) is 11.5 Å². The van der Waals surface area contributed by atoms with E-state index in [0.29, 0.717) is 12.1 Å². The van der Waals surface area contributed by atoms with E-state index in [1.807, 2.05) is 29.7 Å². The van der Waals surface area contributed by atoms with Crippen LogP contribution in [0.1, 0.15) is 12.5 Å². The van der Waals surface area contributed by atoms with Crippen molar-refractivity contribution in [3.05, 3.63) is 48.0 Å². The molecule has 6 heteroatoms. The van der Waals surface area contributed by atoms with Crippen LogP contribution in [0.15, 0.2) is 42.5 Å². The summed E-state index contributed by atoms with van der Waals surface area (Å²) in [5, 5.41) is 19.2. The van der Waals surface area contributed by atoms with Gasteiger partial charge in [-0.05, 0) is 48.9 Å². The first-order chi connectivity index (χ1) is 12.1. The number of hydrogen-bond acceptors (Lipinski definition) is 4. The Labute approximate surface area is 144 Å². The number of nitrogens with zero attached hydrogens (tertiary/aromatic N) is 2. The van der Waals surface area contributed by atoms with Crippen molar-refractivity contribution >= 4 is 17.1 Å². The quantitative estimate of drug-likeness (QED) is 0.568. The molecule has 0 amide bonds. The van der Waals surface area contributed by atoms with E-state index < -0.39 is 6.16 Å². The number of ether oxygens (including phenoxy) is 2. The van der Waals surface area contributed by atoms with Gasteiger partial charge in [0.25, 0.3) is 0 Å². The van der Waals surface area contributed by atoms with E-state index in [1.165, 1.54) is 0 Å². The molecular formula is C19H16N2O4. The Balaban J connectivity index is 2.21. The van der Waals surface area contributed by atoms with Gasteiger partial charge in [0.15, 0.2) is 0 Å². The largest absolute Gasteiger partial charge is 0.511 e. The van der Waals surface area contributed by atoms with Crippen LogP contribution in [0.3, 0.4) is 0 Å². The normalized spacial score (nSPS) is 10.4. The molecule has 0 aliphatic carbocycles. The fourth-order valence-corrected chi connectivity index (χ4v) is 2.98. The lowest BCUT2D eigenvalue weighted by molar-refractivity contribution is 0.144. The maximum absolute atomic E-state index is 10.6. The molecular weight excluding hydrogens is 320 g/mol. The molecule has 2 aromatic carbocycles. The average Bonchev–Trinajstić information content (AvgIpc) is 2.94. The van der Waals surface area contributed by atoms with Gasteiger partial charge in [-0.2, -0.15) is 5.26 Å². The number of benzene rings is 2. The maximum atomic E-state index is 10.6. The SMILES string of the molecule is CCn1c(-c2ccc(OC(=O)O)cc2)c(C#N)c2ccc(OC)cc21. The zero-order chi connectivity index (χ0) is 18.0. The maximum Gasteiger partial charge on any atom is 0.511 e. The number of rotatable bonds is 4. The second-order valence-electron chi connectivity index (χ2n) is 5.36. The van der Waals surface area contributed by atoms with Crippen molar-refractivity contribution in [1.82, 2.24) is 4.57 Å². The van der Waals surface area contributed by atoms with E-state index in [-0.39, 0.29) is 5.75 Å². The predicted molar refractivity (Wildman–Crippen MR) is 93.0 cm³/mol. The monoisotopic (exact) mass is 336 g/mol. The summed E-state index contributed by atoms with van der Waals surface area (Å²) in [5.74, 6) is 0.955. The van der Waals surface area contributed by atoms with E-state index in [0.717, 1.165) is 27.9 Å². The van der Waals surface area contributed by atoms with Crippen molar-refractivity contribution < 1.29 is 19.4 Å². The van der Waals surface area contributed by atoms with Gasteiger partial charge in [0, 0.05) is 18.0 Å². The number of carboxylic acid groups (broad SMARTS) is 1. The van der Waals surface area contributed by atoms with Crippen molar-refractivity contribution in [2.45, 2.75) is 13.5 Å². The van der Waals surface area contributed by atoms with Gasteiger partial charge < -0.3 is 19.1 Å². The summed E-state index contributed by atoms with van der Waals surface area (Å²) >= 11 is 0. The fourth-order valence-electron chi connectivity index (χ4n) is 2.98. The van der Waals surface area contributed by atoms with E-state index >= 15 is 0 Å². The van der Waals surface area contributed by atoms with Crippen molar-refractivity contribution in [2.75, 3.05) is 7.11 Å². The number of carbonyl (C=O) groups is 1. The molecule has 0 aliphatic rings. The predicted octanol–water partition coefficient (Wildman–Crippen LogP) is 4.27. The van der Waals surface area contributed by atoms with Crippen LogP contribution >= 0.6 is 0 Å². The highest BCUT2D eigenvalue weighted by Gasteiger charge is 2.18. The minimum absolute atomic E-state index is 0.232. The summed E-state index contributed by atoms with van der Waals surface area (Å²) in [6, 6.07) is 14.5. The van der Waals surface area contributed by atoms with Crippen molar-refractivity contribution in [3.63, 3.8) is 0 Å². The summed E-state index contributed by atoms with van der Waals surface area (Å²) in [5.41, 5.74) is 3.09. The minimum atomic E-state index is -1.36. The van der Waals surface area contributed by atoms with Gasteiger partial charge in [0.2, 0.25) is 0 Å². The number of methoxy groups -OCH3 is 1. The molecule has 3 rings (SSSR count). The zero-order valence-electron chi connectivity index (χ0n) is 13.8. The first-order valence-electron chi connectivity index (χ1n) is 7.70. The second-order valence-corrected chi connectivity index (χ2v) is 5.36. The molecule has 0 unspecified atom stereocenters. The van der Waals surface area contributed by atoms with Crippen LogP contribution in [0.4, 0.5) is 4.79 Å². The van der Waals surface area contributed by atoms with Gasteiger partial charge >= 0.3 is 6.16 Å². The Hall–Kier alpha value is -3.46. The molecule has 0 fully saturated rings. The topological polar surface area (TPSA) is 84.5 Å². The Morgan fingerprint density at radius 3 is 2.44 bits per heavy atom. The third kappa shape index (κ3) is 2.88. The molecule has 1 N–H and O–H groups in total. The molecule has 0 aliphatic heterocycles. The molecule has 6 nitrogen and oxygen atoms in total. The Morgan fingerprint density at radius 1 is 1.20 bits per heavy atom. The number of aryl methyl sites for hydroxylation is 1. The van der Waals surface area contributed by atoms with Gasteiger partial charge in [0.1, 0.15) is 17.6 Å². The van der Waals surface area contributed by atoms with Gasteiger partial charge in [-0.25, -0.2) is 4.79 Å². The lowest BCUT2D eigenvalue weighted by Gasteiger charge is -2.09. The molecule has 0 saturated carbocycles. The average molecular weight is 336 g/mol. The van der Waals surface area contributed by atoms with Crippen molar-refractivity contribution in [3.8, 4) is 28.8 Å². The number of aromatic nitrogens is 1. The molecule has 0 atom stereocenters. The highest BCUT2D eigenvalue weighted by Crippen LogP contribution is 2.35. The first kappa shape index (κ1) is 16.4. The number of fused-ring (bicyclic) bond motifs is 1. The zero-order valence-corrected chi connectivity index (χ0v) is 13.8. The number of hydrogen-bond donors (Lipinski definition) is 1. The smallest absolute Gasteiger partial charge is 0.497 e. The molecule has 25 heavy (non-hydrogen) atoms. The van der Waals surface area contributed by atoms with Gasteiger partial charge in [0.05, 0.1) is 23.9 Å². The van der Waals surface area contributed by atoms with E-state index in [4.69, 9.17) is 9.84 Å². The van der Waals surface area contributed by atoms with Gasteiger partial charge in [-0.1, -0.05) is 0 Å². The van der Waals surface area contributed by atoms with E-state index in [9.17, 15) is 10.1 Å². The van der Waals surface area contributed by atoms with Crippen LogP contribution < -0.4 is 9.47 Å². The molecule has 1 aromatic heterocycles. The van der Waals surface area contributed by atoms with Crippen molar-refractivity contribution in [2.24, 2.45) is 0 Å². The Morgan fingerprint density at radius 2 is 1.88 bits per heavy atom. The Bertz CT molecular complexity index is 981. The number of nitriles is 1. The first-order valence-corrected chi connectivity index (χ1v) is 7.70. The highest BCUT2D eigenvalue weighted by molar-refractivity contribution is 5.95. The lowest BCUT2D eigenvalue weighted by atomic mass is 10.1. The second kappa shape index (κ2) is 6.57. The molecule has 1 heterocycles. The molecule has 0 radical (unpaired) electrons. The van der Waals surface area contributed by atoms with Crippen LogP contribution in [0.2, 0.25) is 0 Å². The van der Waals surface area contributed by atoms with Crippen LogP contribution in [0, 0.1) is 11.3 Å².